The van der Waals surface area contributed by atoms with Gasteiger partial charge in [0.05, 0.1) is 18.7 Å². The quantitative estimate of drug-likeness (QED) is 0.321. The Morgan fingerprint density at radius 1 is 0.939 bits per heavy atom. The highest BCUT2D eigenvalue weighted by molar-refractivity contribution is 5.77. The minimum absolute atomic E-state index is 0.253. The van der Waals surface area contributed by atoms with E-state index in [4.69, 9.17) is 4.74 Å². The first-order valence-electron chi connectivity index (χ1n) is 13.0. The number of hydrogen-bond donors (Lipinski definition) is 0. The molecule has 1 aliphatic rings. The highest BCUT2D eigenvalue weighted by Gasteiger charge is 2.24. The summed E-state index contributed by atoms with van der Waals surface area (Å²) in [5.41, 5.74) is 3.97. The van der Waals surface area contributed by atoms with Gasteiger partial charge in [0.25, 0.3) is 0 Å². The fraction of sp³-hybridized carbons (Fsp3) is 0.567. The molecule has 1 fully saturated rings. The Morgan fingerprint density at radius 2 is 1.67 bits per heavy atom. The Labute approximate surface area is 200 Å². The van der Waals surface area contributed by atoms with Gasteiger partial charge < -0.3 is 4.74 Å². The van der Waals surface area contributed by atoms with Crippen molar-refractivity contribution >= 4 is 0 Å². The molecule has 2 nitrogen and oxygen atoms in total. The second kappa shape index (κ2) is 12.8. The zero-order valence-corrected chi connectivity index (χ0v) is 20.8. The van der Waals surface area contributed by atoms with E-state index in [9.17, 15) is 5.26 Å². The molecule has 1 aliphatic carbocycles. The largest absolute Gasteiger partial charge is 0.493 e. The lowest BCUT2D eigenvalue weighted by Gasteiger charge is -2.29. The summed E-state index contributed by atoms with van der Waals surface area (Å²) in [4.78, 5) is 0. The topological polar surface area (TPSA) is 33.0 Å². The number of nitrogens with zero attached hydrogens (tertiary/aromatic N) is 1. The van der Waals surface area contributed by atoms with E-state index < -0.39 is 0 Å². The number of ether oxygens (including phenoxy) is 1. The maximum absolute atomic E-state index is 15.3. The van der Waals surface area contributed by atoms with Gasteiger partial charge in [-0.05, 0) is 67.6 Å². The molecule has 0 heterocycles. The Balaban J connectivity index is 1.79. The van der Waals surface area contributed by atoms with Crippen molar-refractivity contribution in [2.45, 2.75) is 96.8 Å². The third-order valence-corrected chi connectivity index (χ3v) is 7.42. The van der Waals surface area contributed by atoms with Gasteiger partial charge in [-0.15, -0.1) is 0 Å². The van der Waals surface area contributed by atoms with E-state index in [2.05, 4.69) is 26.0 Å². The van der Waals surface area contributed by atoms with Crippen molar-refractivity contribution in [3.63, 3.8) is 0 Å². The molecule has 178 valence electrons. The van der Waals surface area contributed by atoms with Crippen LogP contribution in [0.1, 0.15) is 107 Å². The van der Waals surface area contributed by atoms with Gasteiger partial charge >= 0.3 is 0 Å². The van der Waals surface area contributed by atoms with Crippen molar-refractivity contribution in [3.05, 3.63) is 52.8 Å². The van der Waals surface area contributed by atoms with Gasteiger partial charge in [0.15, 0.2) is 11.6 Å². The molecule has 0 amide bonds. The van der Waals surface area contributed by atoms with Crippen LogP contribution in [0.2, 0.25) is 0 Å². The molecule has 2 aromatic rings. The lowest BCUT2D eigenvalue weighted by molar-refractivity contribution is 0.304. The van der Waals surface area contributed by atoms with Crippen LogP contribution in [0.3, 0.4) is 0 Å². The van der Waals surface area contributed by atoms with E-state index in [-0.39, 0.29) is 11.6 Å². The molecule has 0 saturated heterocycles. The maximum atomic E-state index is 15.3. The van der Waals surface area contributed by atoms with Crippen LogP contribution >= 0.6 is 0 Å². The summed E-state index contributed by atoms with van der Waals surface area (Å²) in [5.74, 6) is 1.35. The van der Waals surface area contributed by atoms with Crippen LogP contribution in [-0.2, 0) is 6.42 Å². The number of halogens is 1. The van der Waals surface area contributed by atoms with Gasteiger partial charge in [-0.1, -0.05) is 76.6 Å². The summed E-state index contributed by atoms with van der Waals surface area (Å²) in [6.45, 7) is 4.44. The van der Waals surface area contributed by atoms with Crippen LogP contribution < -0.4 is 4.74 Å². The molecule has 0 unspecified atom stereocenters. The molecule has 0 aliphatic heterocycles. The van der Waals surface area contributed by atoms with E-state index in [1.54, 1.807) is 0 Å². The van der Waals surface area contributed by atoms with Crippen molar-refractivity contribution in [1.82, 2.24) is 0 Å². The van der Waals surface area contributed by atoms with Gasteiger partial charge in [-0.3, -0.25) is 0 Å². The molecule has 3 rings (SSSR count). The molecule has 0 bridgehead atoms. The number of methoxy groups -OCH3 is 1. The van der Waals surface area contributed by atoms with Crippen molar-refractivity contribution < 1.29 is 9.13 Å². The van der Waals surface area contributed by atoms with Crippen LogP contribution in [0.4, 0.5) is 4.39 Å². The summed E-state index contributed by atoms with van der Waals surface area (Å²) in [6.07, 6.45) is 14.1. The lowest BCUT2D eigenvalue weighted by atomic mass is 9.76. The van der Waals surface area contributed by atoms with E-state index in [1.807, 2.05) is 24.3 Å². The number of benzene rings is 2. The first-order valence-corrected chi connectivity index (χ1v) is 13.0. The number of rotatable bonds is 11. The first kappa shape index (κ1) is 25.3. The second-order valence-corrected chi connectivity index (χ2v) is 9.71. The van der Waals surface area contributed by atoms with Gasteiger partial charge in [-0.25, -0.2) is 4.39 Å². The highest BCUT2D eigenvalue weighted by atomic mass is 19.1. The number of aryl methyl sites for hydroxylation is 1. The third kappa shape index (κ3) is 6.38. The van der Waals surface area contributed by atoms with Gasteiger partial charge in [0, 0.05) is 11.1 Å². The third-order valence-electron chi connectivity index (χ3n) is 7.42. The minimum atomic E-state index is -0.287. The Bertz CT molecular complexity index is 937. The van der Waals surface area contributed by atoms with Gasteiger partial charge in [-0.2, -0.15) is 5.26 Å². The zero-order chi connectivity index (χ0) is 23.6. The average Bonchev–Trinajstić information content (AvgIpc) is 2.86. The molecule has 3 heteroatoms. The normalized spacial score (nSPS) is 18.2. The SMILES string of the molecule is CCCCCCc1ccc(-c2ccc(C3CCC(CCCC)CC3)cc2C#N)c(OC)c1F. The van der Waals surface area contributed by atoms with Crippen molar-refractivity contribution in [2.75, 3.05) is 7.11 Å². The predicted molar refractivity (Wildman–Crippen MR) is 135 cm³/mol. The lowest BCUT2D eigenvalue weighted by Crippen LogP contribution is -2.13. The predicted octanol–water partition coefficient (Wildman–Crippen LogP) is 8.96. The Kier molecular flexibility index (Phi) is 9.79. The van der Waals surface area contributed by atoms with E-state index in [0.29, 0.717) is 29.0 Å². The molecule has 2 aromatic carbocycles. The summed E-state index contributed by atoms with van der Waals surface area (Å²) in [7, 11) is 1.51. The number of nitriles is 1. The fourth-order valence-corrected chi connectivity index (χ4v) is 5.36. The molecule has 0 N–H and O–H groups in total. The number of hydrogen-bond acceptors (Lipinski definition) is 2. The zero-order valence-electron chi connectivity index (χ0n) is 20.8. The maximum Gasteiger partial charge on any atom is 0.168 e. The fourth-order valence-electron chi connectivity index (χ4n) is 5.36. The molecule has 0 atom stereocenters. The molecule has 0 radical (unpaired) electrons. The van der Waals surface area contributed by atoms with Crippen molar-refractivity contribution in [1.29, 1.82) is 5.26 Å². The van der Waals surface area contributed by atoms with E-state index >= 15 is 4.39 Å². The summed E-state index contributed by atoms with van der Waals surface area (Å²) < 4.78 is 20.8. The Hall–Kier alpha value is -2.34. The van der Waals surface area contributed by atoms with Crippen LogP contribution in [0.5, 0.6) is 5.75 Å². The van der Waals surface area contributed by atoms with Crippen molar-refractivity contribution in [2.24, 2.45) is 5.92 Å². The molecule has 33 heavy (non-hydrogen) atoms. The molecular formula is C30H40FNO. The minimum Gasteiger partial charge on any atom is -0.493 e. The monoisotopic (exact) mass is 449 g/mol. The second-order valence-electron chi connectivity index (χ2n) is 9.71. The van der Waals surface area contributed by atoms with Crippen LogP contribution in [0.25, 0.3) is 11.1 Å². The van der Waals surface area contributed by atoms with Crippen LogP contribution in [-0.4, -0.2) is 7.11 Å². The summed E-state index contributed by atoms with van der Waals surface area (Å²) in [6, 6.07) is 12.3. The molecule has 0 aromatic heterocycles. The Morgan fingerprint density at radius 3 is 2.33 bits per heavy atom. The highest BCUT2D eigenvalue weighted by Crippen LogP contribution is 2.41. The molecule has 0 spiro atoms. The first-order chi connectivity index (χ1) is 16.1. The van der Waals surface area contributed by atoms with Crippen LogP contribution in [0.15, 0.2) is 30.3 Å². The number of unbranched alkanes of at least 4 members (excludes halogenated alkanes) is 4. The summed E-state index contributed by atoms with van der Waals surface area (Å²) >= 11 is 0. The van der Waals surface area contributed by atoms with E-state index in [0.717, 1.165) is 30.7 Å². The van der Waals surface area contributed by atoms with E-state index in [1.165, 1.54) is 64.0 Å². The average molecular weight is 450 g/mol. The standard InChI is InChI=1S/C30H40FNO/c1-4-6-8-9-11-24-16-19-28(30(33-3)29(24)31)27-18-17-25(20-26(27)21-32)23-14-12-22(13-15-23)10-7-5-2/h16-20,22-23H,4-15H2,1-3H3. The molecular weight excluding hydrogens is 409 g/mol. The summed E-state index contributed by atoms with van der Waals surface area (Å²) in [5, 5.41) is 9.91. The van der Waals surface area contributed by atoms with Crippen LogP contribution in [0, 0.1) is 23.1 Å². The van der Waals surface area contributed by atoms with Gasteiger partial charge in [0.1, 0.15) is 0 Å². The van der Waals surface area contributed by atoms with Gasteiger partial charge in [0.2, 0.25) is 0 Å². The smallest absolute Gasteiger partial charge is 0.168 e. The molecule has 1 saturated carbocycles. The van der Waals surface area contributed by atoms with Crippen molar-refractivity contribution in [3.8, 4) is 22.9 Å².